The summed E-state index contributed by atoms with van der Waals surface area (Å²) in [6, 6.07) is 1.37. The van der Waals surface area contributed by atoms with Gasteiger partial charge in [0.25, 0.3) is 0 Å². The van der Waals surface area contributed by atoms with Crippen molar-refractivity contribution < 1.29 is 0 Å². The maximum atomic E-state index is 3.80. The van der Waals surface area contributed by atoms with Crippen LogP contribution in [0.5, 0.6) is 0 Å². The first-order valence-electron chi connectivity index (χ1n) is 8.67. The molecule has 0 saturated carbocycles. The number of hydrogen-bond donors (Lipinski definition) is 1. The molecule has 0 aromatic rings. The molecule has 1 heterocycles. The van der Waals surface area contributed by atoms with Gasteiger partial charge in [0.15, 0.2) is 0 Å². The van der Waals surface area contributed by atoms with Gasteiger partial charge in [-0.3, -0.25) is 4.90 Å². The van der Waals surface area contributed by atoms with Crippen LogP contribution in [0.1, 0.15) is 67.7 Å². The Hall–Kier alpha value is -0.0800. The van der Waals surface area contributed by atoms with Crippen molar-refractivity contribution in [1.29, 1.82) is 0 Å². The lowest BCUT2D eigenvalue weighted by molar-refractivity contribution is 0.0730. The minimum Gasteiger partial charge on any atom is -0.311 e. The molecule has 1 N–H and O–H groups in total. The Morgan fingerprint density at radius 3 is 2.25 bits per heavy atom. The molecule has 20 heavy (non-hydrogen) atoms. The van der Waals surface area contributed by atoms with Crippen molar-refractivity contribution in [3.63, 3.8) is 0 Å². The van der Waals surface area contributed by atoms with Crippen molar-refractivity contribution in [2.24, 2.45) is 17.3 Å². The summed E-state index contributed by atoms with van der Waals surface area (Å²) >= 11 is 0. The maximum Gasteiger partial charge on any atom is 0.0244 e. The average Bonchev–Trinajstić information content (AvgIpc) is 2.28. The predicted octanol–water partition coefficient (Wildman–Crippen LogP) is 4.16. The largest absolute Gasteiger partial charge is 0.311 e. The third-order valence-electron chi connectivity index (χ3n) is 4.55. The second-order valence-corrected chi connectivity index (χ2v) is 8.64. The van der Waals surface area contributed by atoms with Crippen LogP contribution in [-0.4, -0.2) is 36.6 Å². The normalized spacial score (nSPS) is 25.6. The molecule has 2 nitrogen and oxygen atoms in total. The Balaban J connectivity index is 2.58. The summed E-state index contributed by atoms with van der Waals surface area (Å²) in [5.74, 6) is 1.63. The van der Waals surface area contributed by atoms with Gasteiger partial charge in [0.1, 0.15) is 0 Å². The van der Waals surface area contributed by atoms with Crippen LogP contribution in [0.25, 0.3) is 0 Å². The summed E-state index contributed by atoms with van der Waals surface area (Å²) in [7, 11) is 0. The van der Waals surface area contributed by atoms with Gasteiger partial charge in [-0.05, 0) is 43.1 Å². The minimum absolute atomic E-state index is 0.360. The molecule has 1 saturated heterocycles. The summed E-state index contributed by atoms with van der Waals surface area (Å²) in [4.78, 5) is 2.77. The van der Waals surface area contributed by atoms with Gasteiger partial charge < -0.3 is 5.32 Å². The van der Waals surface area contributed by atoms with E-state index in [1.54, 1.807) is 0 Å². The fraction of sp³-hybridized carbons (Fsp3) is 1.00. The van der Waals surface area contributed by atoms with Gasteiger partial charge in [-0.25, -0.2) is 0 Å². The van der Waals surface area contributed by atoms with Crippen LogP contribution in [0.4, 0.5) is 0 Å². The molecular formula is C18H38N2. The van der Waals surface area contributed by atoms with E-state index in [0.717, 1.165) is 17.9 Å². The fourth-order valence-electron chi connectivity index (χ4n) is 3.19. The highest BCUT2D eigenvalue weighted by Gasteiger charge is 2.33. The van der Waals surface area contributed by atoms with E-state index in [0.29, 0.717) is 11.5 Å². The molecule has 2 unspecified atom stereocenters. The van der Waals surface area contributed by atoms with Crippen molar-refractivity contribution >= 4 is 0 Å². The molecule has 2 heteroatoms. The summed E-state index contributed by atoms with van der Waals surface area (Å²) in [5, 5.41) is 3.80. The molecule has 1 aliphatic heterocycles. The van der Waals surface area contributed by atoms with Gasteiger partial charge in [0, 0.05) is 25.2 Å². The van der Waals surface area contributed by atoms with E-state index >= 15 is 0 Å². The summed E-state index contributed by atoms with van der Waals surface area (Å²) in [6.07, 6.45) is 4.03. The first kappa shape index (κ1) is 18.0. The standard InChI is InChI=1S/C18H38N2/c1-14(2)9-8-10-20-13-17(18(5,6)7)19-12-16(20)11-15(3)4/h14-17,19H,8-13H2,1-7H3. The van der Waals surface area contributed by atoms with Crippen LogP contribution >= 0.6 is 0 Å². The molecule has 0 aromatic carbocycles. The van der Waals surface area contributed by atoms with Crippen molar-refractivity contribution in [1.82, 2.24) is 10.2 Å². The van der Waals surface area contributed by atoms with Crippen LogP contribution in [0.3, 0.4) is 0 Å². The van der Waals surface area contributed by atoms with Crippen LogP contribution < -0.4 is 5.32 Å². The predicted molar refractivity (Wildman–Crippen MR) is 90.1 cm³/mol. The number of rotatable bonds is 6. The highest BCUT2D eigenvalue weighted by molar-refractivity contribution is 4.92. The lowest BCUT2D eigenvalue weighted by Gasteiger charge is -2.45. The van der Waals surface area contributed by atoms with E-state index in [1.807, 2.05) is 0 Å². The van der Waals surface area contributed by atoms with Crippen LogP contribution in [-0.2, 0) is 0 Å². The average molecular weight is 283 g/mol. The number of nitrogens with zero attached hydrogens (tertiary/aromatic N) is 1. The molecule has 1 fully saturated rings. The molecule has 0 aliphatic carbocycles. The van der Waals surface area contributed by atoms with E-state index in [1.165, 1.54) is 38.9 Å². The van der Waals surface area contributed by atoms with Gasteiger partial charge in [0.2, 0.25) is 0 Å². The SMILES string of the molecule is CC(C)CCCN1CC(C(C)(C)C)NCC1CC(C)C. The van der Waals surface area contributed by atoms with E-state index < -0.39 is 0 Å². The molecule has 0 radical (unpaired) electrons. The third kappa shape index (κ3) is 6.13. The maximum absolute atomic E-state index is 3.80. The fourth-order valence-corrected chi connectivity index (χ4v) is 3.19. The highest BCUT2D eigenvalue weighted by Crippen LogP contribution is 2.25. The zero-order chi connectivity index (χ0) is 15.3. The van der Waals surface area contributed by atoms with Gasteiger partial charge in [0.05, 0.1) is 0 Å². The topological polar surface area (TPSA) is 15.3 Å². The molecule has 0 bridgehead atoms. The zero-order valence-corrected chi connectivity index (χ0v) is 15.0. The van der Waals surface area contributed by atoms with Crippen molar-refractivity contribution in [3.8, 4) is 0 Å². The Bertz CT molecular complexity index is 265. The number of nitrogens with one attached hydrogen (secondary N) is 1. The summed E-state index contributed by atoms with van der Waals surface area (Å²) in [5.41, 5.74) is 0.360. The molecule has 0 spiro atoms. The molecule has 1 rings (SSSR count). The molecule has 0 aromatic heterocycles. The molecule has 0 amide bonds. The Morgan fingerprint density at radius 2 is 1.75 bits per heavy atom. The molecular weight excluding hydrogens is 244 g/mol. The quantitative estimate of drug-likeness (QED) is 0.787. The highest BCUT2D eigenvalue weighted by atomic mass is 15.2. The first-order chi connectivity index (χ1) is 9.20. The smallest absolute Gasteiger partial charge is 0.0244 e. The van der Waals surface area contributed by atoms with Crippen molar-refractivity contribution in [3.05, 3.63) is 0 Å². The van der Waals surface area contributed by atoms with Crippen LogP contribution in [0.2, 0.25) is 0 Å². The first-order valence-corrected chi connectivity index (χ1v) is 8.67. The monoisotopic (exact) mass is 282 g/mol. The van der Waals surface area contributed by atoms with Crippen LogP contribution in [0, 0.1) is 17.3 Å². The Labute approximate surface area is 127 Å². The van der Waals surface area contributed by atoms with Gasteiger partial charge in [-0.15, -0.1) is 0 Å². The van der Waals surface area contributed by atoms with Gasteiger partial charge in [-0.2, -0.15) is 0 Å². The van der Waals surface area contributed by atoms with Crippen molar-refractivity contribution in [2.75, 3.05) is 19.6 Å². The Kier molecular flexibility index (Phi) is 7.00. The number of piperazine rings is 1. The van der Waals surface area contributed by atoms with Gasteiger partial charge in [-0.1, -0.05) is 48.5 Å². The van der Waals surface area contributed by atoms with E-state index in [9.17, 15) is 0 Å². The molecule has 1 aliphatic rings. The van der Waals surface area contributed by atoms with Crippen molar-refractivity contribution in [2.45, 2.75) is 79.8 Å². The second-order valence-electron chi connectivity index (χ2n) is 8.64. The third-order valence-corrected chi connectivity index (χ3v) is 4.55. The molecule has 120 valence electrons. The number of hydrogen-bond acceptors (Lipinski definition) is 2. The minimum atomic E-state index is 0.360. The lowest BCUT2D eigenvalue weighted by atomic mass is 9.84. The van der Waals surface area contributed by atoms with E-state index in [4.69, 9.17) is 0 Å². The van der Waals surface area contributed by atoms with Gasteiger partial charge >= 0.3 is 0 Å². The molecule has 2 atom stereocenters. The summed E-state index contributed by atoms with van der Waals surface area (Å²) in [6.45, 7) is 20.1. The zero-order valence-electron chi connectivity index (χ0n) is 15.0. The van der Waals surface area contributed by atoms with E-state index in [-0.39, 0.29) is 0 Å². The lowest BCUT2D eigenvalue weighted by Crippen LogP contribution is -2.60. The Morgan fingerprint density at radius 1 is 1.10 bits per heavy atom. The second kappa shape index (κ2) is 7.79. The van der Waals surface area contributed by atoms with E-state index in [2.05, 4.69) is 58.7 Å². The van der Waals surface area contributed by atoms with Crippen LogP contribution in [0.15, 0.2) is 0 Å². The summed E-state index contributed by atoms with van der Waals surface area (Å²) < 4.78 is 0.